The maximum absolute atomic E-state index is 13.6. The van der Waals surface area contributed by atoms with Crippen molar-refractivity contribution in [1.29, 1.82) is 0 Å². The molecule has 3 rings (SSSR count). The molecule has 1 fully saturated rings. The number of hydrogen-bond acceptors (Lipinski definition) is 7. The van der Waals surface area contributed by atoms with E-state index in [0.29, 0.717) is 16.7 Å². The molecule has 0 saturated carbocycles. The highest BCUT2D eigenvalue weighted by Gasteiger charge is 2.53. The number of nitrogens with one attached hydrogen (secondary N) is 1. The van der Waals surface area contributed by atoms with Crippen LogP contribution in [0.2, 0.25) is 0 Å². The SMILES string of the molecule is CCOC(=O)C[C@@H](c1ccccc1)N(C(C)=O)N1C(=O)N[C@@](C)(c2ccc(C=NN)cc2)C1=O.Cl. The van der Waals surface area contributed by atoms with Crippen molar-refractivity contribution in [2.75, 3.05) is 6.61 Å². The van der Waals surface area contributed by atoms with Crippen LogP contribution in [0, 0.1) is 0 Å². The first kappa shape index (κ1) is 27.3. The normalized spacial score (nSPS) is 18.1. The molecule has 3 N–H and O–H groups in total. The van der Waals surface area contributed by atoms with Gasteiger partial charge in [-0.05, 0) is 30.5 Å². The van der Waals surface area contributed by atoms with Gasteiger partial charge in [0.2, 0.25) is 5.91 Å². The second-order valence-electron chi connectivity index (χ2n) is 7.87. The fourth-order valence-electron chi connectivity index (χ4n) is 3.90. The number of halogens is 1. The van der Waals surface area contributed by atoms with Gasteiger partial charge in [0.05, 0.1) is 25.3 Å². The molecule has 2 atom stereocenters. The van der Waals surface area contributed by atoms with Crippen LogP contribution < -0.4 is 11.2 Å². The first-order valence-electron chi connectivity index (χ1n) is 10.7. The molecule has 0 spiro atoms. The van der Waals surface area contributed by atoms with E-state index >= 15 is 0 Å². The lowest BCUT2D eigenvalue weighted by Gasteiger charge is -2.36. The maximum Gasteiger partial charge on any atom is 0.344 e. The fourth-order valence-corrected chi connectivity index (χ4v) is 3.90. The van der Waals surface area contributed by atoms with Crippen LogP contribution in [0.1, 0.15) is 49.9 Å². The number of hydrogen-bond donors (Lipinski definition) is 2. The summed E-state index contributed by atoms with van der Waals surface area (Å²) in [5.74, 6) is 3.38. The third-order valence-electron chi connectivity index (χ3n) is 5.56. The summed E-state index contributed by atoms with van der Waals surface area (Å²) in [6, 6.07) is 13.7. The Morgan fingerprint density at radius 1 is 1.17 bits per heavy atom. The Balaban J connectivity index is 0.00000432. The Kier molecular flexibility index (Phi) is 8.96. The summed E-state index contributed by atoms with van der Waals surface area (Å²) >= 11 is 0. The van der Waals surface area contributed by atoms with Gasteiger partial charge in [0, 0.05) is 6.92 Å². The molecule has 2 aromatic carbocycles. The number of rotatable bonds is 8. The van der Waals surface area contributed by atoms with Crippen LogP contribution in [0.4, 0.5) is 4.79 Å². The average molecular weight is 502 g/mol. The number of urea groups is 1. The molecule has 35 heavy (non-hydrogen) atoms. The molecule has 0 aromatic heterocycles. The van der Waals surface area contributed by atoms with Crippen LogP contribution in [0.15, 0.2) is 59.7 Å². The van der Waals surface area contributed by atoms with E-state index in [1.54, 1.807) is 68.4 Å². The highest BCUT2D eigenvalue weighted by Crippen LogP contribution is 2.34. The molecule has 0 radical (unpaired) electrons. The number of ether oxygens (including phenoxy) is 1. The number of nitrogens with two attached hydrogens (primary N) is 1. The number of imide groups is 1. The minimum absolute atomic E-state index is 0. The minimum atomic E-state index is -1.44. The third-order valence-corrected chi connectivity index (χ3v) is 5.56. The van der Waals surface area contributed by atoms with Gasteiger partial charge in [0.25, 0.3) is 5.91 Å². The van der Waals surface area contributed by atoms with Crippen LogP contribution in [-0.4, -0.2) is 46.7 Å². The van der Waals surface area contributed by atoms with E-state index in [9.17, 15) is 19.2 Å². The maximum atomic E-state index is 13.6. The number of nitrogens with zero attached hydrogens (tertiary/aromatic N) is 3. The summed E-state index contributed by atoms with van der Waals surface area (Å²) in [4.78, 5) is 51.9. The second kappa shape index (κ2) is 11.5. The Morgan fingerprint density at radius 2 is 1.80 bits per heavy atom. The summed E-state index contributed by atoms with van der Waals surface area (Å²) < 4.78 is 5.08. The summed E-state index contributed by atoms with van der Waals surface area (Å²) in [7, 11) is 0. The van der Waals surface area contributed by atoms with Gasteiger partial charge in [-0.2, -0.15) is 10.1 Å². The number of amides is 4. The predicted octanol–water partition coefficient (Wildman–Crippen LogP) is 2.63. The average Bonchev–Trinajstić information content (AvgIpc) is 3.04. The molecule has 10 nitrogen and oxygen atoms in total. The van der Waals surface area contributed by atoms with Crippen LogP contribution in [0.25, 0.3) is 0 Å². The molecule has 11 heteroatoms. The zero-order valence-electron chi connectivity index (χ0n) is 19.6. The Morgan fingerprint density at radius 3 is 2.34 bits per heavy atom. The number of carbonyl (C=O) groups excluding carboxylic acids is 4. The van der Waals surface area contributed by atoms with Gasteiger partial charge in [-0.15, -0.1) is 12.4 Å². The quantitative estimate of drug-likeness (QED) is 0.188. The van der Waals surface area contributed by atoms with E-state index in [2.05, 4.69) is 10.4 Å². The lowest BCUT2D eigenvalue weighted by atomic mass is 9.91. The number of hydrazine groups is 1. The van der Waals surface area contributed by atoms with Gasteiger partial charge < -0.3 is 15.9 Å². The Labute approximate surface area is 209 Å². The second-order valence-corrected chi connectivity index (χ2v) is 7.87. The molecule has 4 amide bonds. The summed E-state index contributed by atoms with van der Waals surface area (Å²) in [5, 5.41) is 7.94. The van der Waals surface area contributed by atoms with Gasteiger partial charge in [-0.1, -0.05) is 54.6 Å². The van der Waals surface area contributed by atoms with Crippen LogP contribution in [-0.2, 0) is 24.7 Å². The zero-order chi connectivity index (χ0) is 24.9. The van der Waals surface area contributed by atoms with Crippen molar-refractivity contribution in [1.82, 2.24) is 15.3 Å². The summed E-state index contributed by atoms with van der Waals surface area (Å²) in [5.41, 5.74) is 0.361. The van der Waals surface area contributed by atoms with Crippen molar-refractivity contribution >= 4 is 42.4 Å². The highest BCUT2D eigenvalue weighted by atomic mass is 35.5. The molecule has 0 bridgehead atoms. The first-order chi connectivity index (χ1) is 16.2. The van der Waals surface area contributed by atoms with E-state index in [1.807, 2.05) is 0 Å². The van der Waals surface area contributed by atoms with Crippen molar-refractivity contribution in [3.05, 3.63) is 71.3 Å². The Hall–Kier alpha value is -3.92. The molecule has 1 heterocycles. The van der Waals surface area contributed by atoms with Gasteiger partial charge >= 0.3 is 12.0 Å². The zero-order valence-corrected chi connectivity index (χ0v) is 20.5. The molecule has 186 valence electrons. The first-order valence-corrected chi connectivity index (χ1v) is 10.7. The van der Waals surface area contributed by atoms with Crippen molar-refractivity contribution < 1.29 is 23.9 Å². The number of hydrazone groups is 1. The minimum Gasteiger partial charge on any atom is -0.466 e. The van der Waals surface area contributed by atoms with Crippen molar-refractivity contribution in [2.24, 2.45) is 10.9 Å². The smallest absolute Gasteiger partial charge is 0.344 e. The lowest BCUT2D eigenvalue weighted by Crippen LogP contribution is -2.52. The van der Waals surface area contributed by atoms with Crippen LogP contribution >= 0.6 is 12.4 Å². The molecule has 0 aliphatic carbocycles. The van der Waals surface area contributed by atoms with Crippen molar-refractivity contribution in [3.63, 3.8) is 0 Å². The predicted molar refractivity (Wildman–Crippen MR) is 131 cm³/mol. The number of esters is 1. The highest BCUT2D eigenvalue weighted by molar-refractivity contribution is 6.08. The topological polar surface area (TPSA) is 134 Å². The summed E-state index contributed by atoms with van der Waals surface area (Å²) in [6.45, 7) is 4.62. The molecule has 0 unspecified atom stereocenters. The van der Waals surface area contributed by atoms with E-state index in [-0.39, 0.29) is 25.4 Å². The van der Waals surface area contributed by atoms with Crippen LogP contribution in [0.3, 0.4) is 0 Å². The Bertz CT molecular complexity index is 1110. The van der Waals surface area contributed by atoms with Gasteiger partial charge in [-0.3, -0.25) is 14.4 Å². The number of benzene rings is 2. The number of carbonyl (C=O) groups is 4. The lowest BCUT2D eigenvalue weighted by molar-refractivity contribution is -0.163. The van der Waals surface area contributed by atoms with E-state index in [4.69, 9.17) is 10.6 Å². The standard InChI is InChI=1S/C24H27N5O5.ClH/c1-4-34-21(31)14-20(18-8-6-5-7-9-18)28(16(2)30)29-22(32)24(3,27-23(29)33)19-12-10-17(11-13-19)15-26-25;/h5-13,15,20H,4,14,25H2,1-3H3,(H,27,33);1H/t20-,24-;/m0./s1. The molecule has 1 aliphatic rings. The molecule has 1 saturated heterocycles. The van der Waals surface area contributed by atoms with Crippen molar-refractivity contribution in [2.45, 2.75) is 38.8 Å². The van der Waals surface area contributed by atoms with Crippen molar-refractivity contribution in [3.8, 4) is 0 Å². The van der Waals surface area contributed by atoms with Crippen LogP contribution in [0.5, 0.6) is 0 Å². The van der Waals surface area contributed by atoms with Gasteiger partial charge in [0.1, 0.15) is 5.54 Å². The molecule has 2 aromatic rings. The molecule has 1 aliphatic heterocycles. The van der Waals surface area contributed by atoms with E-state index < -0.39 is 35.4 Å². The van der Waals surface area contributed by atoms with E-state index in [1.165, 1.54) is 13.1 Å². The van der Waals surface area contributed by atoms with Gasteiger partial charge in [0.15, 0.2) is 0 Å². The summed E-state index contributed by atoms with van der Waals surface area (Å²) in [6.07, 6.45) is 1.21. The molecular weight excluding hydrogens is 474 g/mol. The van der Waals surface area contributed by atoms with Gasteiger partial charge in [-0.25, -0.2) is 9.80 Å². The van der Waals surface area contributed by atoms with E-state index in [0.717, 1.165) is 10.0 Å². The fraction of sp³-hybridized carbons (Fsp3) is 0.292. The largest absolute Gasteiger partial charge is 0.466 e. The monoisotopic (exact) mass is 501 g/mol. The third kappa shape index (κ3) is 5.60. The molecular formula is C24H28ClN5O5.